The second kappa shape index (κ2) is 13.8. The van der Waals surface area contributed by atoms with E-state index in [0.717, 1.165) is 19.5 Å². The van der Waals surface area contributed by atoms with Gasteiger partial charge in [0.1, 0.15) is 17.6 Å². The first kappa shape index (κ1) is 29.0. The van der Waals surface area contributed by atoms with E-state index in [0.29, 0.717) is 17.4 Å². The zero-order chi connectivity index (χ0) is 26.7. The maximum Gasteiger partial charge on any atom is 0.408 e. The summed E-state index contributed by atoms with van der Waals surface area (Å²) in [6.07, 6.45) is -1.83. The van der Waals surface area contributed by atoms with Crippen LogP contribution in [0.15, 0.2) is 36.5 Å². The molecule has 1 aliphatic heterocycles. The van der Waals surface area contributed by atoms with Gasteiger partial charge in [-0.15, -0.1) is 0 Å². The summed E-state index contributed by atoms with van der Waals surface area (Å²) < 4.78 is 39.4. The number of aliphatic hydroxyl groups is 1. The number of anilines is 2. The van der Waals surface area contributed by atoms with Gasteiger partial charge < -0.3 is 20.6 Å². The molecule has 1 fully saturated rings. The summed E-state index contributed by atoms with van der Waals surface area (Å²) in [6, 6.07) is 5.80. The van der Waals surface area contributed by atoms with E-state index in [1.54, 1.807) is 24.3 Å². The minimum atomic E-state index is -4.71. The molecule has 3 heterocycles. The van der Waals surface area contributed by atoms with E-state index >= 15 is 0 Å². The van der Waals surface area contributed by atoms with Crippen molar-refractivity contribution >= 4 is 23.3 Å². The lowest BCUT2D eigenvalue weighted by atomic mass is 10.1. The van der Waals surface area contributed by atoms with Crippen molar-refractivity contribution in [3.05, 3.63) is 47.9 Å². The molecule has 1 aliphatic rings. The Kier molecular flexibility index (Phi) is 11.1. The Balaban J connectivity index is 0.00000145. The molecule has 3 rings (SSSR count). The van der Waals surface area contributed by atoms with E-state index < -0.39 is 37.1 Å². The predicted molar refractivity (Wildman–Crippen MR) is 132 cm³/mol. The van der Waals surface area contributed by atoms with Crippen LogP contribution in [0.4, 0.5) is 24.7 Å². The van der Waals surface area contributed by atoms with Gasteiger partial charge in [0.25, 0.3) is 5.91 Å². The first-order chi connectivity index (χ1) is 17.1. The summed E-state index contributed by atoms with van der Waals surface area (Å²) in [7, 11) is 0. The highest BCUT2D eigenvalue weighted by Crippen LogP contribution is 2.27. The quantitative estimate of drug-likeness (QED) is 0.497. The number of amides is 2. The zero-order valence-electron chi connectivity index (χ0n) is 20.8. The maximum absolute atomic E-state index is 13.1. The van der Waals surface area contributed by atoms with Crippen molar-refractivity contribution in [3.63, 3.8) is 0 Å². The number of alkyl halides is 3. The standard InChI is InChI=1S/C22H26F3N5O3.C3H8/c1-14-7-10-30(13-14)17-6-5-15(21(33)28-18(8-11-31)22(23,24)25)27-16(17)12-20(32)29-19-4-2-3-9-26-19;1-3-2/h2-6,9,14,18,31H,7-8,10-13H2,1H3,(H,28,33)(H,26,29,32);3H2,1-2H3. The highest BCUT2D eigenvalue weighted by Gasteiger charge is 2.40. The Morgan fingerprint density at radius 2 is 1.94 bits per heavy atom. The Morgan fingerprint density at radius 3 is 2.50 bits per heavy atom. The Hall–Kier alpha value is -3.21. The molecule has 8 nitrogen and oxygen atoms in total. The number of aromatic nitrogens is 2. The highest BCUT2D eigenvalue weighted by atomic mass is 19.4. The van der Waals surface area contributed by atoms with Gasteiger partial charge in [0.15, 0.2) is 0 Å². The number of carbonyl (C=O) groups excluding carboxylic acids is 2. The normalized spacial score (nSPS) is 16.1. The minimum Gasteiger partial charge on any atom is -0.396 e. The molecule has 0 saturated carbocycles. The zero-order valence-corrected chi connectivity index (χ0v) is 20.8. The van der Waals surface area contributed by atoms with Crippen molar-refractivity contribution in [2.24, 2.45) is 5.92 Å². The molecule has 3 N–H and O–H groups in total. The van der Waals surface area contributed by atoms with Crippen molar-refractivity contribution in [2.75, 3.05) is 29.9 Å². The molecular formula is C25H34F3N5O3. The molecule has 2 aromatic rings. The molecule has 2 unspecified atom stereocenters. The maximum atomic E-state index is 13.1. The van der Waals surface area contributed by atoms with Crippen LogP contribution in [0.2, 0.25) is 0 Å². The van der Waals surface area contributed by atoms with Crippen LogP contribution in [0.25, 0.3) is 0 Å². The summed E-state index contributed by atoms with van der Waals surface area (Å²) >= 11 is 0. The molecule has 0 bridgehead atoms. The van der Waals surface area contributed by atoms with Crippen molar-refractivity contribution < 1.29 is 27.9 Å². The van der Waals surface area contributed by atoms with Gasteiger partial charge in [0.2, 0.25) is 5.91 Å². The van der Waals surface area contributed by atoms with Gasteiger partial charge in [0.05, 0.1) is 17.8 Å². The largest absolute Gasteiger partial charge is 0.408 e. The Bertz CT molecular complexity index is 989. The number of rotatable bonds is 8. The molecule has 36 heavy (non-hydrogen) atoms. The van der Waals surface area contributed by atoms with Crippen molar-refractivity contribution in [1.82, 2.24) is 15.3 Å². The number of pyridine rings is 2. The third-order valence-electron chi connectivity index (χ3n) is 5.33. The summed E-state index contributed by atoms with van der Waals surface area (Å²) in [5, 5.41) is 13.4. The molecule has 198 valence electrons. The van der Waals surface area contributed by atoms with Gasteiger partial charge in [-0.2, -0.15) is 13.2 Å². The SMILES string of the molecule is CC1CCN(c2ccc(C(=O)NC(CCO)C(F)(F)F)nc2CC(=O)Nc2ccccn2)C1.CCC. The average molecular weight is 510 g/mol. The molecule has 2 atom stereocenters. The fourth-order valence-corrected chi connectivity index (χ4v) is 3.65. The number of carbonyl (C=O) groups is 2. The molecule has 0 aromatic carbocycles. The van der Waals surface area contributed by atoms with Gasteiger partial charge in [-0.1, -0.05) is 33.3 Å². The van der Waals surface area contributed by atoms with E-state index in [2.05, 4.69) is 36.1 Å². The second-order valence-corrected chi connectivity index (χ2v) is 8.73. The van der Waals surface area contributed by atoms with E-state index in [-0.39, 0.29) is 17.8 Å². The van der Waals surface area contributed by atoms with Gasteiger partial charge in [-0.25, -0.2) is 9.97 Å². The third kappa shape index (κ3) is 8.78. The van der Waals surface area contributed by atoms with Gasteiger partial charge >= 0.3 is 6.18 Å². The first-order valence-electron chi connectivity index (χ1n) is 12.0. The molecular weight excluding hydrogens is 475 g/mol. The Labute approximate surface area is 209 Å². The van der Waals surface area contributed by atoms with Crippen molar-refractivity contribution in [2.45, 2.75) is 58.7 Å². The van der Waals surface area contributed by atoms with Crippen molar-refractivity contribution in [3.8, 4) is 0 Å². The first-order valence-corrected chi connectivity index (χ1v) is 12.0. The summed E-state index contributed by atoms with van der Waals surface area (Å²) in [4.78, 5) is 35.5. The lowest BCUT2D eigenvalue weighted by Gasteiger charge is -2.23. The number of nitrogens with one attached hydrogen (secondary N) is 2. The number of halogens is 3. The lowest BCUT2D eigenvalue weighted by Crippen LogP contribution is -2.46. The number of aliphatic hydroxyl groups excluding tert-OH is 1. The van der Waals surface area contributed by atoms with Gasteiger partial charge in [-0.05, 0) is 43.0 Å². The summed E-state index contributed by atoms with van der Waals surface area (Å²) in [6.45, 7) is 7.11. The third-order valence-corrected chi connectivity index (χ3v) is 5.33. The van der Waals surface area contributed by atoms with Crippen LogP contribution in [0.5, 0.6) is 0 Å². The average Bonchev–Trinajstić information content (AvgIpc) is 3.25. The molecule has 0 radical (unpaired) electrons. The minimum absolute atomic E-state index is 0.183. The summed E-state index contributed by atoms with van der Waals surface area (Å²) in [5.41, 5.74) is 0.713. The highest BCUT2D eigenvalue weighted by molar-refractivity contribution is 5.94. The van der Waals surface area contributed by atoms with Gasteiger partial charge in [0, 0.05) is 25.9 Å². The smallest absolute Gasteiger partial charge is 0.396 e. The van der Waals surface area contributed by atoms with E-state index in [1.165, 1.54) is 18.7 Å². The molecule has 0 spiro atoms. The molecule has 11 heteroatoms. The van der Waals surface area contributed by atoms with Crippen LogP contribution in [0, 0.1) is 5.92 Å². The van der Waals surface area contributed by atoms with Crippen LogP contribution in [0.3, 0.4) is 0 Å². The van der Waals surface area contributed by atoms with Gasteiger partial charge in [-0.3, -0.25) is 9.59 Å². The van der Waals surface area contributed by atoms with E-state index in [1.807, 2.05) is 10.2 Å². The second-order valence-electron chi connectivity index (χ2n) is 8.73. The van der Waals surface area contributed by atoms with Crippen LogP contribution < -0.4 is 15.5 Å². The predicted octanol–water partition coefficient (Wildman–Crippen LogP) is 3.96. The molecule has 2 amide bonds. The molecule has 0 aliphatic carbocycles. The molecule has 2 aromatic heterocycles. The fourth-order valence-electron chi connectivity index (χ4n) is 3.65. The number of hydrogen-bond donors (Lipinski definition) is 3. The molecule has 1 saturated heterocycles. The van der Waals surface area contributed by atoms with Crippen LogP contribution in [-0.4, -0.2) is 58.8 Å². The van der Waals surface area contributed by atoms with Crippen LogP contribution in [-0.2, 0) is 11.2 Å². The number of nitrogens with zero attached hydrogens (tertiary/aromatic N) is 3. The topological polar surface area (TPSA) is 107 Å². The van der Waals surface area contributed by atoms with E-state index in [9.17, 15) is 22.8 Å². The monoisotopic (exact) mass is 509 g/mol. The summed E-state index contributed by atoms with van der Waals surface area (Å²) in [5.74, 6) is -0.654. The van der Waals surface area contributed by atoms with Crippen LogP contribution in [0.1, 0.15) is 56.2 Å². The van der Waals surface area contributed by atoms with Crippen molar-refractivity contribution in [1.29, 1.82) is 0 Å². The lowest BCUT2D eigenvalue weighted by molar-refractivity contribution is -0.156. The van der Waals surface area contributed by atoms with E-state index in [4.69, 9.17) is 5.11 Å². The Morgan fingerprint density at radius 1 is 1.22 bits per heavy atom. The number of hydrogen-bond acceptors (Lipinski definition) is 6. The fraction of sp³-hybridized carbons (Fsp3) is 0.520. The van der Waals surface area contributed by atoms with Crippen LogP contribution >= 0.6 is 0 Å².